The van der Waals surface area contributed by atoms with Crippen LogP contribution < -0.4 is 10.2 Å². The van der Waals surface area contributed by atoms with Crippen molar-refractivity contribution in [2.75, 3.05) is 57.9 Å². The number of aliphatic carboxylic acids is 1. The first-order valence-electron chi connectivity index (χ1n) is 13.7. The molecule has 2 fully saturated rings. The van der Waals surface area contributed by atoms with E-state index in [4.69, 9.17) is 14.5 Å². The number of aromatic nitrogens is 2. The van der Waals surface area contributed by atoms with Crippen LogP contribution in [0.25, 0.3) is 11.4 Å². The normalized spacial score (nSPS) is 17.7. The lowest BCUT2D eigenvalue weighted by atomic mass is 10.1. The standard InChI is InChI=1S/C28H36N6O7/c1-3-41-28(39)33-15-13-32(14-16-33)27(38)21(9-10-24(35)36)30-26(37)22-17-23(34-12-11-20(18-34)40-2)31-25(29-22)19-7-5-4-6-8-19/h4-8,17,20-21H,3,9-16,18H2,1-2H3,(H,30,37)(H,35,36)/t20-,21+/m1/s1. The van der Waals surface area contributed by atoms with Gasteiger partial charge in [-0.1, -0.05) is 30.3 Å². The minimum atomic E-state index is -1.09. The summed E-state index contributed by atoms with van der Waals surface area (Å²) in [5, 5.41) is 12.0. The first-order chi connectivity index (χ1) is 19.8. The summed E-state index contributed by atoms with van der Waals surface area (Å²) in [4.78, 5) is 64.6. The van der Waals surface area contributed by atoms with Gasteiger partial charge in [0, 0.05) is 64.4 Å². The average molecular weight is 569 g/mol. The predicted molar refractivity (Wildman–Crippen MR) is 148 cm³/mol. The van der Waals surface area contributed by atoms with Crippen LogP contribution in [0.2, 0.25) is 0 Å². The van der Waals surface area contributed by atoms with E-state index < -0.39 is 29.9 Å². The molecule has 0 aliphatic carbocycles. The highest BCUT2D eigenvalue weighted by Gasteiger charge is 2.32. The van der Waals surface area contributed by atoms with Crippen molar-refractivity contribution in [3.8, 4) is 11.4 Å². The zero-order valence-electron chi connectivity index (χ0n) is 23.3. The van der Waals surface area contributed by atoms with Gasteiger partial charge in [0.1, 0.15) is 17.6 Å². The Bertz CT molecular complexity index is 1240. The van der Waals surface area contributed by atoms with Gasteiger partial charge in [0.25, 0.3) is 5.91 Å². The number of carbonyl (C=O) groups excluding carboxylic acids is 3. The van der Waals surface area contributed by atoms with Crippen LogP contribution >= 0.6 is 0 Å². The molecule has 2 atom stereocenters. The molecule has 3 amide bonds. The number of anilines is 1. The number of nitrogens with one attached hydrogen (secondary N) is 1. The maximum Gasteiger partial charge on any atom is 0.409 e. The third-order valence-corrected chi connectivity index (χ3v) is 7.15. The van der Waals surface area contributed by atoms with Crippen molar-refractivity contribution >= 4 is 29.7 Å². The van der Waals surface area contributed by atoms with E-state index in [2.05, 4.69) is 10.3 Å². The molecule has 1 aromatic heterocycles. The molecule has 13 heteroatoms. The molecule has 2 N–H and O–H groups in total. The van der Waals surface area contributed by atoms with Crippen molar-refractivity contribution in [2.24, 2.45) is 0 Å². The fourth-order valence-electron chi connectivity index (χ4n) is 4.86. The molecular weight excluding hydrogens is 532 g/mol. The van der Waals surface area contributed by atoms with Crippen molar-refractivity contribution in [1.82, 2.24) is 25.1 Å². The maximum atomic E-state index is 13.5. The first kappa shape index (κ1) is 29.7. The minimum absolute atomic E-state index is 0.0460. The van der Waals surface area contributed by atoms with E-state index in [1.54, 1.807) is 20.1 Å². The van der Waals surface area contributed by atoms with E-state index in [1.165, 1.54) is 9.80 Å². The van der Waals surface area contributed by atoms with Gasteiger partial charge < -0.3 is 34.6 Å². The van der Waals surface area contributed by atoms with Crippen LogP contribution in [0, 0.1) is 0 Å². The SMILES string of the molecule is CCOC(=O)N1CCN(C(=O)[C@H](CCC(=O)O)NC(=O)c2cc(N3CC[C@@H](OC)C3)nc(-c3ccccc3)n2)CC1. The van der Waals surface area contributed by atoms with E-state index in [0.29, 0.717) is 24.7 Å². The van der Waals surface area contributed by atoms with Gasteiger partial charge in [-0.3, -0.25) is 14.4 Å². The molecule has 0 bridgehead atoms. The van der Waals surface area contributed by atoms with Gasteiger partial charge >= 0.3 is 12.1 Å². The van der Waals surface area contributed by atoms with Crippen LogP contribution in [0.15, 0.2) is 36.4 Å². The molecule has 1 aromatic carbocycles. The Kier molecular flexibility index (Phi) is 10.1. The van der Waals surface area contributed by atoms with Crippen LogP contribution in [0.3, 0.4) is 0 Å². The molecular formula is C28H36N6O7. The predicted octanol–water partition coefficient (Wildman–Crippen LogP) is 1.63. The number of hydrogen-bond acceptors (Lipinski definition) is 9. The zero-order valence-corrected chi connectivity index (χ0v) is 23.3. The molecule has 2 aliphatic rings. The van der Waals surface area contributed by atoms with Crippen LogP contribution in [0.1, 0.15) is 36.7 Å². The van der Waals surface area contributed by atoms with Gasteiger partial charge in [0.15, 0.2) is 5.82 Å². The van der Waals surface area contributed by atoms with Crippen LogP contribution in [0.5, 0.6) is 0 Å². The number of carbonyl (C=O) groups is 4. The summed E-state index contributed by atoms with van der Waals surface area (Å²) in [5.74, 6) is -1.18. The van der Waals surface area contributed by atoms with Crippen molar-refractivity contribution in [3.63, 3.8) is 0 Å². The summed E-state index contributed by atoms with van der Waals surface area (Å²) in [6, 6.07) is 9.76. The lowest BCUT2D eigenvalue weighted by Gasteiger charge is -2.35. The second kappa shape index (κ2) is 13.9. The van der Waals surface area contributed by atoms with E-state index in [9.17, 15) is 24.3 Å². The Balaban J connectivity index is 1.54. The quantitative estimate of drug-likeness (QED) is 0.432. The van der Waals surface area contributed by atoms with Crippen LogP contribution in [-0.2, 0) is 19.1 Å². The van der Waals surface area contributed by atoms with Gasteiger partial charge in [0.05, 0.1) is 12.7 Å². The van der Waals surface area contributed by atoms with Crippen molar-refractivity contribution in [2.45, 2.75) is 38.3 Å². The van der Waals surface area contributed by atoms with Crippen LogP contribution in [-0.4, -0.2) is 114 Å². The number of ether oxygens (including phenoxy) is 2. The average Bonchev–Trinajstić information content (AvgIpc) is 3.49. The van der Waals surface area contributed by atoms with E-state index in [1.807, 2.05) is 35.2 Å². The second-order valence-electron chi connectivity index (χ2n) is 9.86. The van der Waals surface area contributed by atoms with Crippen molar-refractivity contribution in [1.29, 1.82) is 0 Å². The second-order valence-corrected chi connectivity index (χ2v) is 9.86. The summed E-state index contributed by atoms with van der Waals surface area (Å²) in [5.41, 5.74) is 0.791. The summed E-state index contributed by atoms with van der Waals surface area (Å²) in [6.45, 7) is 4.31. The Morgan fingerprint density at radius 1 is 1.05 bits per heavy atom. The van der Waals surface area contributed by atoms with Crippen molar-refractivity contribution < 1.29 is 33.8 Å². The van der Waals surface area contributed by atoms with E-state index in [-0.39, 0.29) is 57.4 Å². The minimum Gasteiger partial charge on any atom is -0.481 e. The zero-order chi connectivity index (χ0) is 29.4. The van der Waals surface area contributed by atoms with Crippen molar-refractivity contribution in [3.05, 3.63) is 42.1 Å². The van der Waals surface area contributed by atoms with Gasteiger partial charge in [-0.05, 0) is 19.8 Å². The van der Waals surface area contributed by atoms with E-state index >= 15 is 0 Å². The summed E-state index contributed by atoms with van der Waals surface area (Å²) in [6.07, 6.45) is 0.0143. The molecule has 220 valence electrons. The number of methoxy groups -OCH3 is 1. The smallest absolute Gasteiger partial charge is 0.409 e. The Labute approximate surface area is 238 Å². The number of hydrogen-bond donors (Lipinski definition) is 2. The van der Waals surface area contributed by atoms with E-state index in [0.717, 1.165) is 12.0 Å². The molecule has 2 saturated heterocycles. The maximum absolute atomic E-state index is 13.5. The summed E-state index contributed by atoms with van der Waals surface area (Å²) >= 11 is 0. The number of benzene rings is 1. The van der Waals surface area contributed by atoms with Crippen LogP contribution in [0.4, 0.5) is 10.6 Å². The monoisotopic (exact) mass is 568 g/mol. The Morgan fingerprint density at radius 2 is 1.76 bits per heavy atom. The highest BCUT2D eigenvalue weighted by molar-refractivity contribution is 5.97. The van der Waals surface area contributed by atoms with Gasteiger partial charge in [-0.2, -0.15) is 0 Å². The molecule has 0 spiro atoms. The lowest BCUT2D eigenvalue weighted by Crippen LogP contribution is -2.56. The fraction of sp³-hybridized carbons (Fsp3) is 0.500. The number of nitrogens with zero attached hydrogens (tertiary/aromatic N) is 5. The number of rotatable bonds is 10. The third-order valence-electron chi connectivity index (χ3n) is 7.15. The molecule has 2 aliphatic heterocycles. The molecule has 13 nitrogen and oxygen atoms in total. The number of carboxylic acids is 1. The molecule has 41 heavy (non-hydrogen) atoms. The topological polar surface area (TPSA) is 154 Å². The molecule has 0 unspecified atom stereocenters. The molecule has 4 rings (SSSR count). The first-order valence-corrected chi connectivity index (χ1v) is 13.7. The third kappa shape index (κ3) is 7.69. The summed E-state index contributed by atoms with van der Waals surface area (Å²) < 4.78 is 10.5. The number of amides is 3. The Morgan fingerprint density at radius 3 is 2.39 bits per heavy atom. The van der Waals surface area contributed by atoms with Gasteiger partial charge in [0.2, 0.25) is 5.91 Å². The van der Waals surface area contributed by atoms with Gasteiger partial charge in [-0.25, -0.2) is 14.8 Å². The molecule has 3 heterocycles. The largest absolute Gasteiger partial charge is 0.481 e. The number of piperazine rings is 1. The fourth-order valence-corrected chi connectivity index (χ4v) is 4.86. The number of carboxylic acid groups (broad SMARTS) is 1. The lowest BCUT2D eigenvalue weighted by molar-refractivity contribution is -0.138. The molecule has 0 saturated carbocycles. The summed E-state index contributed by atoms with van der Waals surface area (Å²) in [7, 11) is 1.66. The highest BCUT2D eigenvalue weighted by atomic mass is 16.6. The highest BCUT2D eigenvalue weighted by Crippen LogP contribution is 2.24. The van der Waals surface area contributed by atoms with Gasteiger partial charge in [-0.15, -0.1) is 0 Å². The molecule has 2 aromatic rings. The Hall–Kier alpha value is -4.26. The molecule has 0 radical (unpaired) electrons.